The molecule has 0 saturated carbocycles. The summed E-state index contributed by atoms with van der Waals surface area (Å²) in [6.07, 6.45) is 23.9. The molecular formula is C57H59N9O2Zn. The van der Waals surface area contributed by atoms with Crippen molar-refractivity contribution >= 4 is 74.9 Å². The summed E-state index contributed by atoms with van der Waals surface area (Å²) in [5.41, 5.74) is 19.2. The van der Waals surface area contributed by atoms with Gasteiger partial charge in [-0.05, 0) is 188 Å². The number of carbonyl (C=O) groups excluding carboxylic acids is 2. The van der Waals surface area contributed by atoms with Gasteiger partial charge in [-0.2, -0.15) is 0 Å². The summed E-state index contributed by atoms with van der Waals surface area (Å²) in [6.45, 7) is 22.1. The number of aldehydes is 1. The summed E-state index contributed by atoms with van der Waals surface area (Å²) in [5, 5.41) is 4.20. The number of aromatic nitrogens is 5. The molecule has 3 N–H and O–H groups in total. The van der Waals surface area contributed by atoms with E-state index >= 15 is 0 Å². The van der Waals surface area contributed by atoms with Gasteiger partial charge < -0.3 is 24.9 Å². The van der Waals surface area contributed by atoms with Gasteiger partial charge in [-0.15, -0.1) is 22.1 Å². The predicted molar refractivity (Wildman–Crippen MR) is 283 cm³/mol. The fraction of sp³-hybridized carbons (Fsp3) is 0.193. The molecule has 0 amide bonds. The second kappa shape index (κ2) is 24.5. The van der Waals surface area contributed by atoms with Crippen LogP contribution >= 0.6 is 0 Å². The summed E-state index contributed by atoms with van der Waals surface area (Å²) in [5.74, 6) is -0.426. The molecule has 69 heavy (non-hydrogen) atoms. The van der Waals surface area contributed by atoms with E-state index in [1.807, 2.05) is 67.2 Å². The van der Waals surface area contributed by atoms with Gasteiger partial charge in [0, 0.05) is 53.8 Å². The second-order valence-electron chi connectivity index (χ2n) is 16.8. The Balaban J connectivity index is 0.000000212. The van der Waals surface area contributed by atoms with Crippen LogP contribution in [-0.2, 0) is 29.1 Å². The van der Waals surface area contributed by atoms with Gasteiger partial charge in [-0.3, -0.25) is 19.6 Å². The Labute approximate surface area is 417 Å². The van der Waals surface area contributed by atoms with E-state index in [2.05, 4.69) is 155 Å². The van der Waals surface area contributed by atoms with Crippen molar-refractivity contribution in [3.8, 4) is 0 Å². The third kappa shape index (κ3) is 13.5. The number of H-pyrrole nitrogens is 3. The van der Waals surface area contributed by atoms with Crippen molar-refractivity contribution in [2.45, 2.75) is 76.2 Å². The summed E-state index contributed by atoms with van der Waals surface area (Å²) >= 11 is 0. The van der Waals surface area contributed by atoms with Crippen molar-refractivity contribution in [3.63, 3.8) is 0 Å². The standard InChI is InChI=1S/C25H26N4.C25H24N4.C4H5N.C3H4O2.Zn/c2*1-15(2)19-8-9-22(27-19)17(4)23-12-13-25(29-23)18(5)24-11-10-21(28-24)16(3)20-7-6-14-26-20;1-2-4-5-3-1;1-3(5)2-4;/h6-14,28-29H,1-5H3;6-14H,1-5H3;1-5H;2H,1H3;/q;-2;;;+2/b20-16-,23-17?,25-18-;;;;. The smallest absolute Gasteiger partial charge is 0.658 e. The topological polar surface area (TPSA) is 159 Å². The summed E-state index contributed by atoms with van der Waals surface area (Å²) in [6, 6.07) is 20.6. The van der Waals surface area contributed by atoms with Crippen LogP contribution in [0.2, 0.25) is 0 Å². The zero-order valence-electron chi connectivity index (χ0n) is 41.5. The van der Waals surface area contributed by atoms with Crippen molar-refractivity contribution < 1.29 is 29.1 Å². The maximum atomic E-state index is 9.44. The Morgan fingerprint density at radius 2 is 1.00 bits per heavy atom. The van der Waals surface area contributed by atoms with Gasteiger partial charge in [-0.25, -0.2) is 9.98 Å². The summed E-state index contributed by atoms with van der Waals surface area (Å²) in [7, 11) is 0. The molecule has 12 heteroatoms. The van der Waals surface area contributed by atoms with E-state index in [9.17, 15) is 4.79 Å². The molecule has 0 unspecified atom stereocenters. The maximum Gasteiger partial charge on any atom is 2.00 e. The number of nitrogens with one attached hydrogen (secondary N) is 3. The van der Waals surface area contributed by atoms with Gasteiger partial charge in [0.05, 0.1) is 34.2 Å². The minimum absolute atomic E-state index is 0. The quantitative estimate of drug-likeness (QED) is 0.0845. The average Bonchev–Trinajstić information content (AvgIpc) is 4.19. The minimum Gasteiger partial charge on any atom is -0.658 e. The average molecular weight is 968 g/mol. The third-order valence-corrected chi connectivity index (χ3v) is 11.4. The molecule has 0 aromatic carbocycles. The molecule has 0 bridgehead atoms. The van der Waals surface area contributed by atoms with Gasteiger partial charge >= 0.3 is 19.5 Å². The molecule has 5 aromatic rings. The van der Waals surface area contributed by atoms with E-state index < -0.39 is 5.78 Å². The van der Waals surface area contributed by atoms with Gasteiger partial charge in [0.15, 0.2) is 12.1 Å². The number of Topliss-reactive ketones (excluding diaryl/α,β-unsaturated/α-hetero) is 1. The van der Waals surface area contributed by atoms with Crippen LogP contribution in [0.4, 0.5) is 0 Å². The number of carbonyl (C=O) groups is 2. The Bertz CT molecular complexity index is 3310. The fourth-order valence-corrected chi connectivity index (χ4v) is 7.06. The van der Waals surface area contributed by atoms with E-state index in [0.29, 0.717) is 0 Å². The molecule has 5 aromatic heterocycles. The normalized spacial score (nSPS) is 17.3. The predicted octanol–water partition coefficient (Wildman–Crippen LogP) is 8.97. The molecule has 4 aliphatic heterocycles. The summed E-state index contributed by atoms with van der Waals surface area (Å²) in [4.78, 5) is 56.4. The van der Waals surface area contributed by atoms with Crippen LogP contribution in [0.5, 0.6) is 0 Å². The first kappa shape index (κ1) is 52.4. The number of ketones is 1. The van der Waals surface area contributed by atoms with Gasteiger partial charge in [-0.1, -0.05) is 35.4 Å². The van der Waals surface area contributed by atoms with Crippen molar-refractivity contribution in [2.75, 3.05) is 0 Å². The van der Waals surface area contributed by atoms with Crippen LogP contribution in [-0.4, -0.2) is 50.9 Å². The second-order valence-corrected chi connectivity index (χ2v) is 16.8. The van der Waals surface area contributed by atoms with Crippen LogP contribution in [0, 0.1) is 0 Å². The number of hydrogen-bond acceptors (Lipinski definition) is 6. The molecule has 11 nitrogen and oxygen atoms in total. The zero-order chi connectivity index (χ0) is 48.9. The largest absolute Gasteiger partial charge is 2.00 e. The first-order valence-corrected chi connectivity index (χ1v) is 22.4. The molecule has 346 valence electrons. The van der Waals surface area contributed by atoms with Gasteiger partial charge in [0.25, 0.3) is 0 Å². The van der Waals surface area contributed by atoms with Crippen molar-refractivity contribution in [1.82, 2.24) is 24.9 Å². The van der Waals surface area contributed by atoms with E-state index in [0.717, 1.165) is 106 Å². The first-order valence-electron chi connectivity index (χ1n) is 22.4. The van der Waals surface area contributed by atoms with Crippen molar-refractivity contribution in [1.29, 1.82) is 0 Å². The van der Waals surface area contributed by atoms with Crippen LogP contribution in [0.3, 0.4) is 0 Å². The van der Waals surface area contributed by atoms with Crippen LogP contribution in [0.25, 0.3) is 39.0 Å². The molecule has 0 radical (unpaired) electrons. The molecule has 0 spiro atoms. The van der Waals surface area contributed by atoms with E-state index in [1.54, 1.807) is 6.21 Å². The Morgan fingerprint density at radius 1 is 0.493 bits per heavy atom. The van der Waals surface area contributed by atoms with E-state index in [4.69, 9.17) is 24.7 Å². The Morgan fingerprint density at radius 3 is 1.49 bits per heavy atom. The number of nitrogens with zero attached hydrogens (tertiary/aromatic N) is 6. The molecule has 0 atom stereocenters. The summed E-state index contributed by atoms with van der Waals surface area (Å²) < 4.78 is 0. The van der Waals surface area contributed by atoms with Gasteiger partial charge in [0.1, 0.15) is 0 Å². The monoisotopic (exact) mass is 965 g/mol. The SMILES string of the molecule is CC(=C1C=CC=N1)c1ccc(C(C)=C2C=CC(C(C)=c3ccc(=C(C)C)[n-]3)=N2)[n-]1.CC(=O)C=O.CC(C)=C1C=CC(C(C)=c2cc/c(=C(\C)c3ccc(/C(C)=C4/C=CC=N4)[nH]3)[nH]2)=N1.[Zn+2].c1cc[nH]c1. The molecule has 4 aliphatic rings. The first-order chi connectivity index (χ1) is 32.6. The van der Waals surface area contributed by atoms with Crippen molar-refractivity contribution in [3.05, 3.63) is 194 Å². The number of aliphatic imine (C=N–C) groups is 4. The van der Waals surface area contributed by atoms with E-state index in [1.165, 1.54) is 23.6 Å². The van der Waals surface area contributed by atoms with Crippen LogP contribution in [0.15, 0.2) is 170 Å². The molecule has 9 rings (SSSR count). The number of hydrogen-bond donors (Lipinski definition) is 3. The third-order valence-electron chi connectivity index (χ3n) is 11.4. The van der Waals surface area contributed by atoms with Crippen molar-refractivity contribution in [2.24, 2.45) is 20.0 Å². The fourth-order valence-electron chi connectivity index (χ4n) is 7.06. The molecule has 0 saturated heterocycles. The van der Waals surface area contributed by atoms with Crippen LogP contribution in [0.1, 0.15) is 98.9 Å². The zero-order valence-corrected chi connectivity index (χ0v) is 44.5. The number of rotatable bonds is 7. The molecule has 0 fully saturated rings. The number of aromatic amines is 3. The van der Waals surface area contributed by atoms with Gasteiger partial charge in [0.2, 0.25) is 0 Å². The molecule has 0 aliphatic carbocycles. The minimum atomic E-state index is -0.426. The molecule has 9 heterocycles. The molecular weight excluding hydrogens is 908 g/mol. The Kier molecular flexibility index (Phi) is 18.6. The van der Waals surface area contributed by atoms with Crippen LogP contribution < -0.4 is 31.4 Å². The maximum absolute atomic E-state index is 9.44. The Hall–Kier alpha value is -7.56. The number of allylic oxidation sites excluding steroid dienone is 12. The van der Waals surface area contributed by atoms with E-state index in [-0.39, 0.29) is 25.8 Å².